The number of non-ortho nitro benzene ring substituents is 1. The van der Waals surface area contributed by atoms with Crippen LogP contribution in [-0.4, -0.2) is 28.0 Å². The van der Waals surface area contributed by atoms with Gasteiger partial charge in [-0.05, 0) is 37.3 Å². The summed E-state index contributed by atoms with van der Waals surface area (Å²) in [5, 5.41) is 13.6. The van der Waals surface area contributed by atoms with Crippen LogP contribution in [0.15, 0.2) is 42.6 Å². The molecule has 2 aromatic rings. The van der Waals surface area contributed by atoms with Crippen LogP contribution in [0.1, 0.15) is 36.8 Å². The number of ether oxygens (including phenoxy) is 1. The number of carbonyl (C=O) groups excluding carboxylic acids is 1. The molecule has 1 amide bonds. The molecule has 0 spiro atoms. The Labute approximate surface area is 170 Å². The molecule has 1 aromatic carbocycles. The summed E-state index contributed by atoms with van der Waals surface area (Å²) in [6.45, 7) is 0. The number of hydrogen-bond donors (Lipinski definition) is 1. The van der Waals surface area contributed by atoms with Gasteiger partial charge >= 0.3 is 6.18 Å². The summed E-state index contributed by atoms with van der Waals surface area (Å²) in [7, 11) is 0. The average molecular weight is 423 g/mol. The summed E-state index contributed by atoms with van der Waals surface area (Å²) in [6, 6.07) is 7.96. The molecule has 7 nitrogen and oxygen atoms in total. The van der Waals surface area contributed by atoms with Crippen molar-refractivity contribution < 1.29 is 27.6 Å². The number of rotatable bonds is 6. The van der Waals surface area contributed by atoms with E-state index in [0.29, 0.717) is 31.2 Å². The van der Waals surface area contributed by atoms with E-state index < -0.39 is 16.7 Å². The highest BCUT2D eigenvalue weighted by Crippen LogP contribution is 2.30. The lowest BCUT2D eigenvalue weighted by molar-refractivity contribution is -0.384. The maximum Gasteiger partial charge on any atom is 0.417 e. The third-order valence-electron chi connectivity index (χ3n) is 4.90. The van der Waals surface area contributed by atoms with Gasteiger partial charge in [0.1, 0.15) is 6.10 Å². The van der Waals surface area contributed by atoms with Gasteiger partial charge in [-0.2, -0.15) is 13.2 Å². The normalized spacial score (nSPS) is 19.2. The predicted octanol–water partition coefficient (Wildman–Crippen LogP) is 4.06. The topological polar surface area (TPSA) is 94.4 Å². The second kappa shape index (κ2) is 9.10. The molecule has 0 aliphatic heterocycles. The van der Waals surface area contributed by atoms with Gasteiger partial charge in [0.05, 0.1) is 16.9 Å². The van der Waals surface area contributed by atoms with Gasteiger partial charge in [0, 0.05) is 30.4 Å². The number of aromatic nitrogens is 1. The van der Waals surface area contributed by atoms with Crippen molar-refractivity contribution in [3.05, 3.63) is 63.8 Å². The van der Waals surface area contributed by atoms with E-state index in [1.165, 1.54) is 18.2 Å². The lowest BCUT2D eigenvalue weighted by atomic mass is 9.92. The van der Waals surface area contributed by atoms with Crippen molar-refractivity contribution in [3.8, 4) is 5.88 Å². The van der Waals surface area contributed by atoms with E-state index in [-0.39, 0.29) is 36.0 Å². The molecule has 1 fully saturated rings. The van der Waals surface area contributed by atoms with E-state index in [0.717, 1.165) is 12.3 Å². The number of nitrogens with zero attached hydrogens (tertiary/aromatic N) is 2. The highest BCUT2D eigenvalue weighted by molar-refractivity contribution is 5.78. The molecular formula is C20H20F3N3O4. The zero-order chi connectivity index (χ0) is 21.7. The molecule has 30 heavy (non-hydrogen) atoms. The van der Waals surface area contributed by atoms with E-state index in [1.54, 1.807) is 12.1 Å². The Morgan fingerprint density at radius 3 is 2.33 bits per heavy atom. The molecule has 1 aliphatic rings. The van der Waals surface area contributed by atoms with Gasteiger partial charge in [0.15, 0.2) is 0 Å². The van der Waals surface area contributed by atoms with Gasteiger partial charge in [-0.15, -0.1) is 0 Å². The Morgan fingerprint density at radius 1 is 1.13 bits per heavy atom. The molecule has 0 unspecified atom stereocenters. The fraction of sp³-hybridized carbons (Fsp3) is 0.400. The van der Waals surface area contributed by atoms with Gasteiger partial charge in [-0.3, -0.25) is 14.9 Å². The minimum atomic E-state index is -4.43. The summed E-state index contributed by atoms with van der Waals surface area (Å²) in [5.74, 6) is -0.0220. The fourth-order valence-electron chi connectivity index (χ4n) is 3.31. The van der Waals surface area contributed by atoms with Crippen molar-refractivity contribution in [1.29, 1.82) is 0 Å². The second-order valence-electron chi connectivity index (χ2n) is 7.14. The van der Waals surface area contributed by atoms with Crippen LogP contribution in [0.2, 0.25) is 0 Å². The zero-order valence-corrected chi connectivity index (χ0v) is 15.9. The Morgan fingerprint density at radius 2 is 1.80 bits per heavy atom. The quantitative estimate of drug-likeness (QED) is 0.559. The number of carbonyl (C=O) groups is 1. The molecule has 0 atom stereocenters. The first kappa shape index (κ1) is 21.5. The van der Waals surface area contributed by atoms with Crippen LogP contribution >= 0.6 is 0 Å². The molecule has 10 heteroatoms. The van der Waals surface area contributed by atoms with Crippen LogP contribution < -0.4 is 10.1 Å². The highest BCUT2D eigenvalue weighted by Gasteiger charge is 2.31. The lowest BCUT2D eigenvalue weighted by Crippen LogP contribution is -2.40. The molecule has 160 valence electrons. The number of hydrogen-bond acceptors (Lipinski definition) is 5. The van der Waals surface area contributed by atoms with Gasteiger partial charge in [0.2, 0.25) is 11.8 Å². The van der Waals surface area contributed by atoms with E-state index >= 15 is 0 Å². The smallest absolute Gasteiger partial charge is 0.417 e. The molecule has 3 rings (SSSR count). The molecule has 1 heterocycles. The molecule has 1 aromatic heterocycles. The van der Waals surface area contributed by atoms with E-state index in [4.69, 9.17) is 4.74 Å². The largest absolute Gasteiger partial charge is 0.474 e. The van der Waals surface area contributed by atoms with Crippen LogP contribution in [-0.2, 0) is 17.4 Å². The molecule has 0 radical (unpaired) electrons. The minimum absolute atomic E-state index is 0.0176. The van der Waals surface area contributed by atoms with Crippen molar-refractivity contribution in [2.45, 2.75) is 50.4 Å². The Bertz CT molecular complexity index is 878. The van der Waals surface area contributed by atoms with Crippen molar-refractivity contribution in [3.63, 3.8) is 0 Å². The number of nitrogens with one attached hydrogen (secondary N) is 1. The van der Waals surface area contributed by atoms with Crippen LogP contribution in [0, 0.1) is 10.1 Å². The highest BCUT2D eigenvalue weighted by atomic mass is 19.4. The number of nitro benzene ring substituents is 1. The first-order valence-corrected chi connectivity index (χ1v) is 9.43. The second-order valence-corrected chi connectivity index (χ2v) is 7.14. The summed E-state index contributed by atoms with van der Waals surface area (Å²) in [4.78, 5) is 26.1. The molecular weight excluding hydrogens is 403 g/mol. The number of halogens is 3. The Balaban J connectivity index is 1.42. The maximum absolute atomic E-state index is 12.6. The number of pyridine rings is 1. The van der Waals surface area contributed by atoms with Crippen molar-refractivity contribution in [2.75, 3.05) is 0 Å². The Hall–Kier alpha value is -3.17. The molecule has 0 bridgehead atoms. The van der Waals surface area contributed by atoms with Crippen molar-refractivity contribution in [1.82, 2.24) is 10.3 Å². The number of nitro groups is 1. The zero-order valence-electron chi connectivity index (χ0n) is 15.9. The van der Waals surface area contributed by atoms with Crippen LogP contribution in [0.4, 0.5) is 18.9 Å². The summed E-state index contributed by atoms with van der Waals surface area (Å²) >= 11 is 0. The van der Waals surface area contributed by atoms with Gasteiger partial charge in [-0.1, -0.05) is 12.1 Å². The SMILES string of the molecule is O=C(Cc1ccc([N+](=O)[O-])cc1)NC1CCC(Oc2ccc(C(F)(F)F)cn2)CC1. The summed E-state index contributed by atoms with van der Waals surface area (Å²) in [6.07, 6.45) is -1.08. The summed E-state index contributed by atoms with van der Waals surface area (Å²) < 4.78 is 43.4. The van der Waals surface area contributed by atoms with E-state index in [9.17, 15) is 28.1 Å². The van der Waals surface area contributed by atoms with Crippen LogP contribution in [0.25, 0.3) is 0 Å². The molecule has 0 saturated heterocycles. The van der Waals surface area contributed by atoms with Crippen LogP contribution in [0.3, 0.4) is 0 Å². The summed E-state index contributed by atoms with van der Waals surface area (Å²) in [5.41, 5.74) is -0.169. The molecule has 1 saturated carbocycles. The number of amides is 1. The van der Waals surface area contributed by atoms with Gasteiger partial charge in [-0.25, -0.2) is 4.98 Å². The first-order chi connectivity index (χ1) is 14.2. The number of benzene rings is 1. The van der Waals surface area contributed by atoms with E-state index in [2.05, 4.69) is 10.3 Å². The standard InChI is InChI=1S/C20H20F3N3O4/c21-20(22,23)14-3-10-19(24-12-14)30-17-8-4-15(5-9-17)25-18(27)11-13-1-6-16(7-2-13)26(28)29/h1-3,6-7,10,12,15,17H,4-5,8-9,11H2,(H,25,27). The molecule has 1 aliphatic carbocycles. The van der Waals surface area contributed by atoms with Crippen molar-refractivity contribution >= 4 is 11.6 Å². The Kier molecular flexibility index (Phi) is 6.53. The minimum Gasteiger partial charge on any atom is -0.474 e. The predicted molar refractivity (Wildman–Crippen MR) is 101 cm³/mol. The van der Waals surface area contributed by atoms with Gasteiger partial charge < -0.3 is 10.1 Å². The lowest BCUT2D eigenvalue weighted by Gasteiger charge is -2.29. The first-order valence-electron chi connectivity index (χ1n) is 9.43. The average Bonchev–Trinajstić information content (AvgIpc) is 2.69. The van der Waals surface area contributed by atoms with Crippen LogP contribution in [0.5, 0.6) is 5.88 Å². The number of alkyl halides is 3. The third kappa shape index (κ3) is 5.91. The fourth-order valence-corrected chi connectivity index (χ4v) is 3.31. The molecule has 1 N–H and O–H groups in total. The van der Waals surface area contributed by atoms with Crippen molar-refractivity contribution in [2.24, 2.45) is 0 Å². The third-order valence-corrected chi connectivity index (χ3v) is 4.90. The van der Waals surface area contributed by atoms with Gasteiger partial charge in [0.25, 0.3) is 5.69 Å². The maximum atomic E-state index is 12.6. The van der Waals surface area contributed by atoms with E-state index in [1.807, 2.05) is 0 Å². The monoisotopic (exact) mass is 423 g/mol.